The summed E-state index contributed by atoms with van der Waals surface area (Å²) in [5.74, 6) is 1.13. The van der Waals surface area contributed by atoms with Gasteiger partial charge >= 0.3 is 0 Å². The van der Waals surface area contributed by atoms with Crippen molar-refractivity contribution >= 4 is 22.6 Å². The number of benzene rings is 1. The Kier molecular flexibility index (Phi) is 3.24. The third-order valence-electron chi connectivity index (χ3n) is 2.52. The van der Waals surface area contributed by atoms with Crippen molar-refractivity contribution in [2.24, 2.45) is 10.4 Å². The van der Waals surface area contributed by atoms with Gasteiger partial charge in [0, 0.05) is 18.0 Å². The molecule has 1 aliphatic rings. The Morgan fingerprint density at radius 3 is 2.81 bits per heavy atom. The van der Waals surface area contributed by atoms with Crippen LogP contribution in [0.15, 0.2) is 29.3 Å². The summed E-state index contributed by atoms with van der Waals surface area (Å²) >= 11 is 1.81. The van der Waals surface area contributed by atoms with E-state index in [1.807, 2.05) is 11.8 Å². The highest BCUT2D eigenvalue weighted by Crippen LogP contribution is 2.28. The quantitative estimate of drug-likeness (QED) is 0.803. The van der Waals surface area contributed by atoms with Crippen LogP contribution in [0.1, 0.15) is 19.4 Å². The summed E-state index contributed by atoms with van der Waals surface area (Å²) in [7, 11) is 0. The molecule has 1 heterocycles. The Morgan fingerprint density at radius 1 is 1.38 bits per heavy atom. The summed E-state index contributed by atoms with van der Waals surface area (Å²) in [6.07, 6.45) is 0. The summed E-state index contributed by atoms with van der Waals surface area (Å²) in [6, 6.07) is 8.39. The first-order valence-corrected chi connectivity index (χ1v) is 6.55. The predicted molar refractivity (Wildman–Crippen MR) is 73.3 cm³/mol. The molecule has 0 saturated carbocycles. The standard InChI is InChI=1S/C13H18N2S/c1-10-5-4-6-11(7-10)15-12-14-8-13(2,3)9-16-12/h4-7H,8-9H2,1-3H3,(H,14,15). The Morgan fingerprint density at radius 2 is 2.19 bits per heavy atom. The number of hydrogen-bond donors (Lipinski definition) is 1. The maximum Gasteiger partial charge on any atom is 0.161 e. The SMILES string of the molecule is Cc1cccc(NC2=NCC(C)(C)CS2)c1. The van der Waals surface area contributed by atoms with Crippen LogP contribution in [0.25, 0.3) is 0 Å². The molecule has 0 unspecified atom stereocenters. The minimum absolute atomic E-state index is 0.336. The van der Waals surface area contributed by atoms with Crippen LogP contribution < -0.4 is 5.32 Å². The molecule has 0 saturated heterocycles. The molecule has 0 fully saturated rings. The van der Waals surface area contributed by atoms with E-state index in [9.17, 15) is 0 Å². The molecule has 2 rings (SSSR count). The molecule has 16 heavy (non-hydrogen) atoms. The second-order valence-corrected chi connectivity index (χ2v) is 6.03. The Labute approximate surface area is 102 Å². The van der Waals surface area contributed by atoms with E-state index >= 15 is 0 Å². The van der Waals surface area contributed by atoms with E-state index in [1.165, 1.54) is 5.56 Å². The van der Waals surface area contributed by atoms with Gasteiger partial charge in [-0.25, -0.2) is 0 Å². The van der Waals surface area contributed by atoms with Gasteiger partial charge in [0.2, 0.25) is 0 Å². The molecule has 0 spiro atoms. The van der Waals surface area contributed by atoms with Gasteiger partial charge in [-0.2, -0.15) is 0 Å². The monoisotopic (exact) mass is 234 g/mol. The second kappa shape index (κ2) is 4.50. The van der Waals surface area contributed by atoms with E-state index in [0.717, 1.165) is 23.2 Å². The third-order valence-corrected chi connectivity index (χ3v) is 3.95. The summed E-state index contributed by atoms with van der Waals surface area (Å²) in [5, 5.41) is 4.42. The molecule has 1 N–H and O–H groups in total. The maximum absolute atomic E-state index is 4.58. The van der Waals surface area contributed by atoms with Crippen LogP contribution in [0.4, 0.5) is 5.69 Å². The first-order chi connectivity index (χ1) is 7.55. The molecule has 1 aromatic rings. The van der Waals surface area contributed by atoms with E-state index in [-0.39, 0.29) is 0 Å². The van der Waals surface area contributed by atoms with Crippen molar-refractivity contribution in [2.75, 3.05) is 17.6 Å². The lowest BCUT2D eigenvalue weighted by Gasteiger charge is -2.27. The number of anilines is 1. The average molecular weight is 234 g/mol. The van der Waals surface area contributed by atoms with Crippen LogP contribution in [-0.2, 0) is 0 Å². The minimum atomic E-state index is 0.336. The fraction of sp³-hybridized carbons (Fsp3) is 0.462. The normalized spacial score (nSPS) is 19.1. The van der Waals surface area contributed by atoms with E-state index in [2.05, 4.69) is 55.3 Å². The van der Waals surface area contributed by atoms with Crippen LogP contribution in [0.5, 0.6) is 0 Å². The summed E-state index contributed by atoms with van der Waals surface area (Å²) in [6.45, 7) is 7.53. The summed E-state index contributed by atoms with van der Waals surface area (Å²) in [4.78, 5) is 4.58. The highest BCUT2D eigenvalue weighted by Gasteiger charge is 2.23. The number of rotatable bonds is 1. The molecule has 0 amide bonds. The largest absolute Gasteiger partial charge is 0.335 e. The lowest BCUT2D eigenvalue weighted by Crippen LogP contribution is -2.27. The van der Waals surface area contributed by atoms with Crippen LogP contribution in [0.3, 0.4) is 0 Å². The topological polar surface area (TPSA) is 24.4 Å². The number of aryl methyl sites for hydroxylation is 1. The second-order valence-electron chi connectivity index (χ2n) is 5.07. The number of amidine groups is 1. The first kappa shape index (κ1) is 11.5. The molecule has 1 aromatic carbocycles. The number of hydrogen-bond acceptors (Lipinski definition) is 3. The summed E-state index contributed by atoms with van der Waals surface area (Å²) < 4.78 is 0. The van der Waals surface area contributed by atoms with Gasteiger partial charge in [0.25, 0.3) is 0 Å². The van der Waals surface area contributed by atoms with Crippen molar-refractivity contribution in [3.05, 3.63) is 29.8 Å². The molecule has 1 aliphatic heterocycles. The van der Waals surface area contributed by atoms with E-state index in [4.69, 9.17) is 0 Å². The predicted octanol–water partition coefficient (Wildman–Crippen LogP) is 3.54. The summed E-state index contributed by atoms with van der Waals surface area (Å²) in [5.41, 5.74) is 2.74. The van der Waals surface area contributed by atoms with Crippen LogP contribution in [0, 0.1) is 12.3 Å². The first-order valence-electron chi connectivity index (χ1n) is 5.56. The maximum atomic E-state index is 4.58. The molecule has 0 atom stereocenters. The zero-order valence-electron chi connectivity index (χ0n) is 10.1. The fourth-order valence-corrected chi connectivity index (χ4v) is 2.53. The zero-order chi connectivity index (χ0) is 11.6. The van der Waals surface area contributed by atoms with Gasteiger partial charge in [0.1, 0.15) is 0 Å². The lowest BCUT2D eigenvalue weighted by atomic mass is 9.97. The molecular weight excluding hydrogens is 216 g/mol. The van der Waals surface area contributed by atoms with Gasteiger partial charge < -0.3 is 5.32 Å². The number of nitrogens with zero attached hydrogens (tertiary/aromatic N) is 1. The zero-order valence-corrected chi connectivity index (χ0v) is 10.9. The number of nitrogens with one attached hydrogen (secondary N) is 1. The lowest BCUT2D eigenvalue weighted by molar-refractivity contribution is 0.438. The highest BCUT2D eigenvalue weighted by atomic mass is 32.2. The molecule has 0 bridgehead atoms. The van der Waals surface area contributed by atoms with E-state index < -0.39 is 0 Å². The minimum Gasteiger partial charge on any atom is -0.335 e. The third kappa shape index (κ3) is 3.01. The molecule has 86 valence electrons. The van der Waals surface area contributed by atoms with Crippen molar-refractivity contribution in [3.8, 4) is 0 Å². The van der Waals surface area contributed by atoms with Crippen LogP contribution >= 0.6 is 11.8 Å². The van der Waals surface area contributed by atoms with Crippen molar-refractivity contribution in [1.29, 1.82) is 0 Å². The molecular formula is C13H18N2S. The van der Waals surface area contributed by atoms with Gasteiger partial charge in [-0.05, 0) is 30.0 Å². The molecule has 0 aromatic heterocycles. The van der Waals surface area contributed by atoms with Crippen LogP contribution in [0.2, 0.25) is 0 Å². The van der Waals surface area contributed by atoms with Gasteiger partial charge in [-0.1, -0.05) is 37.7 Å². The van der Waals surface area contributed by atoms with E-state index in [1.54, 1.807) is 0 Å². The molecule has 0 aliphatic carbocycles. The Hall–Kier alpha value is -0.960. The average Bonchev–Trinajstić information content (AvgIpc) is 2.21. The van der Waals surface area contributed by atoms with Gasteiger partial charge in [-0.3, -0.25) is 4.99 Å². The Bertz CT molecular complexity index is 410. The number of aliphatic imine (C=N–C) groups is 1. The van der Waals surface area contributed by atoms with Gasteiger partial charge in [0.15, 0.2) is 5.17 Å². The van der Waals surface area contributed by atoms with Crippen molar-refractivity contribution in [1.82, 2.24) is 0 Å². The van der Waals surface area contributed by atoms with Crippen molar-refractivity contribution in [2.45, 2.75) is 20.8 Å². The highest BCUT2D eigenvalue weighted by molar-refractivity contribution is 8.14. The Balaban J connectivity index is 2.04. The molecule has 0 radical (unpaired) electrons. The smallest absolute Gasteiger partial charge is 0.161 e. The van der Waals surface area contributed by atoms with Crippen molar-refractivity contribution < 1.29 is 0 Å². The molecule has 2 nitrogen and oxygen atoms in total. The number of thioether (sulfide) groups is 1. The van der Waals surface area contributed by atoms with Crippen molar-refractivity contribution in [3.63, 3.8) is 0 Å². The van der Waals surface area contributed by atoms with Gasteiger partial charge in [-0.15, -0.1) is 0 Å². The molecule has 3 heteroatoms. The fourth-order valence-electron chi connectivity index (χ4n) is 1.56. The van der Waals surface area contributed by atoms with Gasteiger partial charge in [0.05, 0.1) is 0 Å². The van der Waals surface area contributed by atoms with Crippen LogP contribution in [-0.4, -0.2) is 17.5 Å². The van der Waals surface area contributed by atoms with E-state index in [0.29, 0.717) is 5.41 Å².